The van der Waals surface area contributed by atoms with E-state index in [0.29, 0.717) is 53.2 Å². The lowest BCUT2D eigenvalue weighted by Gasteiger charge is -2.35. The highest BCUT2D eigenvalue weighted by Gasteiger charge is 2.38. The molecule has 2 N–H and O–H groups in total. The molecule has 1 amide bonds. The number of nitrogens with one attached hydrogen (secondary N) is 1. The number of carbonyl (C=O) groups is 1. The van der Waals surface area contributed by atoms with Crippen LogP contribution in [0.3, 0.4) is 0 Å². The molecule has 1 aromatic carbocycles. The fourth-order valence-corrected chi connectivity index (χ4v) is 4.22. The number of aromatic nitrogens is 2. The van der Waals surface area contributed by atoms with Crippen LogP contribution < -0.4 is 11.1 Å². The van der Waals surface area contributed by atoms with E-state index in [9.17, 15) is 14.7 Å². The van der Waals surface area contributed by atoms with Crippen molar-refractivity contribution in [2.75, 3.05) is 5.32 Å². The Labute approximate surface area is 178 Å². The van der Waals surface area contributed by atoms with Crippen LogP contribution in [0.4, 0.5) is 5.69 Å². The topological polar surface area (TPSA) is 97.4 Å². The van der Waals surface area contributed by atoms with Crippen LogP contribution >= 0.6 is 11.6 Å². The first-order chi connectivity index (χ1) is 14.3. The number of oxazole rings is 1. The second-order valence-electron chi connectivity index (χ2n) is 8.17. The van der Waals surface area contributed by atoms with E-state index in [1.54, 1.807) is 34.9 Å². The van der Waals surface area contributed by atoms with Gasteiger partial charge >= 0.3 is 5.76 Å². The maximum atomic E-state index is 12.8. The van der Waals surface area contributed by atoms with Crippen molar-refractivity contribution in [2.24, 2.45) is 5.92 Å². The zero-order valence-electron chi connectivity index (χ0n) is 16.9. The first-order valence-corrected chi connectivity index (χ1v) is 10.4. The summed E-state index contributed by atoms with van der Waals surface area (Å²) in [7, 11) is 0. The third kappa shape index (κ3) is 3.87. The molecule has 158 valence electrons. The van der Waals surface area contributed by atoms with Gasteiger partial charge in [-0.25, -0.2) is 4.79 Å². The number of rotatable bonds is 4. The summed E-state index contributed by atoms with van der Waals surface area (Å²) in [5, 5.41) is 14.4. The molecule has 0 bridgehead atoms. The van der Waals surface area contributed by atoms with Crippen molar-refractivity contribution < 1.29 is 14.3 Å². The van der Waals surface area contributed by atoms with Crippen molar-refractivity contribution in [1.82, 2.24) is 9.55 Å². The van der Waals surface area contributed by atoms with Gasteiger partial charge in [0.25, 0.3) is 0 Å². The predicted molar refractivity (Wildman–Crippen MR) is 115 cm³/mol. The normalized spacial score (nSPS) is 21.8. The lowest BCUT2D eigenvalue weighted by Crippen LogP contribution is -2.36. The summed E-state index contributed by atoms with van der Waals surface area (Å²) in [6.07, 6.45) is 3.52. The van der Waals surface area contributed by atoms with E-state index in [1.807, 2.05) is 13.8 Å². The maximum Gasteiger partial charge on any atom is 0.420 e. The predicted octanol–water partition coefficient (Wildman–Crippen LogP) is 4.24. The molecule has 1 aliphatic carbocycles. The number of anilines is 1. The minimum atomic E-state index is -1.04. The smallest absolute Gasteiger partial charge is 0.408 e. The molecule has 7 nitrogen and oxygen atoms in total. The highest BCUT2D eigenvalue weighted by molar-refractivity contribution is 6.30. The van der Waals surface area contributed by atoms with Gasteiger partial charge in [0, 0.05) is 29.9 Å². The van der Waals surface area contributed by atoms with Gasteiger partial charge in [-0.15, -0.1) is 0 Å². The molecule has 4 rings (SSSR count). The van der Waals surface area contributed by atoms with Gasteiger partial charge in [0.15, 0.2) is 5.58 Å². The second kappa shape index (κ2) is 7.89. The highest BCUT2D eigenvalue weighted by atomic mass is 35.5. The number of halogens is 1. The van der Waals surface area contributed by atoms with Crippen molar-refractivity contribution in [3.05, 3.63) is 57.8 Å². The SMILES string of the molecule is CC(C)n1c(=O)oc2cc(NC(=O)C3CCC(O)(c4ccc(Cl)cn4)CC3)ccc21. The highest BCUT2D eigenvalue weighted by Crippen LogP contribution is 2.39. The Morgan fingerprint density at radius 3 is 2.67 bits per heavy atom. The summed E-state index contributed by atoms with van der Waals surface area (Å²) in [4.78, 5) is 29.0. The van der Waals surface area contributed by atoms with E-state index >= 15 is 0 Å². The molecule has 0 radical (unpaired) electrons. The summed E-state index contributed by atoms with van der Waals surface area (Å²) in [5.41, 5.74) is 1.27. The number of nitrogens with zero attached hydrogens (tertiary/aromatic N) is 2. The Bertz CT molecular complexity index is 1130. The summed E-state index contributed by atoms with van der Waals surface area (Å²) >= 11 is 5.88. The molecule has 3 aromatic rings. The molecule has 1 aliphatic rings. The molecule has 2 aromatic heterocycles. The van der Waals surface area contributed by atoms with Gasteiger partial charge in [0.2, 0.25) is 5.91 Å². The third-order valence-corrected chi connectivity index (χ3v) is 6.01. The van der Waals surface area contributed by atoms with E-state index in [4.69, 9.17) is 16.0 Å². The fraction of sp³-hybridized carbons (Fsp3) is 0.409. The standard InChI is InChI=1S/C22H24ClN3O4/c1-13(2)26-17-5-4-16(11-18(17)30-21(26)28)25-20(27)14-7-9-22(29,10-8-14)19-6-3-15(23)12-24-19/h3-6,11-14,29H,7-10H2,1-2H3,(H,25,27). The lowest BCUT2D eigenvalue weighted by molar-refractivity contribution is -0.123. The van der Waals surface area contributed by atoms with Crippen LogP contribution in [0.5, 0.6) is 0 Å². The maximum absolute atomic E-state index is 12.8. The van der Waals surface area contributed by atoms with Crippen molar-refractivity contribution in [2.45, 2.75) is 51.2 Å². The van der Waals surface area contributed by atoms with E-state index in [1.165, 1.54) is 6.20 Å². The molecule has 1 saturated carbocycles. The number of benzene rings is 1. The molecule has 0 aliphatic heterocycles. The monoisotopic (exact) mass is 429 g/mol. The van der Waals surface area contributed by atoms with E-state index in [-0.39, 0.29) is 17.9 Å². The van der Waals surface area contributed by atoms with Crippen molar-refractivity contribution in [3.8, 4) is 0 Å². The van der Waals surface area contributed by atoms with E-state index < -0.39 is 11.4 Å². The molecule has 0 spiro atoms. The molecule has 0 unspecified atom stereocenters. The van der Waals surface area contributed by atoms with E-state index in [0.717, 1.165) is 0 Å². The van der Waals surface area contributed by atoms with Crippen LogP contribution in [0.1, 0.15) is 51.3 Å². The molecule has 1 fully saturated rings. The number of carbonyl (C=O) groups excluding carboxylic acids is 1. The molecule has 8 heteroatoms. The van der Waals surface area contributed by atoms with Crippen LogP contribution in [-0.4, -0.2) is 20.6 Å². The first-order valence-electron chi connectivity index (χ1n) is 10.1. The van der Waals surface area contributed by atoms with Gasteiger partial charge in [-0.3, -0.25) is 14.3 Å². The lowest BCUT2D eigenvalue weighted by atomic mass is 9.76. The summed E-state index contributed by atoms with van der Waals surface area (Å²) in [5.74, 6) is -0.725. The Balaban J connectivity index is 1.44. The van der Waals surface area contributed by atoms with Gasteiger partial charge < -0.3 is 14.8 Å². The average molecular weight is 430 g/mol. The van der Waals surface area contributed by atoms with Gasteiger partial charge in [-0.2, -0.15) is 0 Å². The number of aliphatic hydroxyl groups is 1. The Morgan fingerprint density at radius 2 is 2.03 bits per heavy atom. The number of hydrogen-bond donors (Lipinski definition) is 2. The van der Waals surface area contributed by atoms with Crippen LogP contribution in [0.25, 0.3) is 11.1 Å². The number of pyridine rings is 1. The molecule has 0 saturated heterocycles. The Morgan fingerprint density at radius 1 is 1.30 bits per heavy atom. The van der Waals surface area contributed by atoms with Gasteiger partial charge in [-0.05, 0) is 63.8 Å². The number of fused-ring (bicyclic) bond motifs is 1. The third-order valence-electron chi connectivity index (χ3n) is 5.78. The van der Waals surface area contributed by atoms with Crippen LogP contribution in [0, 0.1) is 5.92 Å². The zero-order chi connectivity index (χ0) is 21.5. The number of hydrogen-bond acceptors (Lipinski definition) is 5. The summed E-state index contributed by atoms with van der Waals surface area (Å²) in [6, 6.07) is 8.64. The summed E-state index contributed by atoms with van der Waals surface area (Å²) in [6.45, 7) is 3.83. The molecule has 0 atom stereocenters. The Hall–Kier alpha value is -2.64. The van der Waals surface area contributed by atoms with Gasteiger partial charge in [0.05, 0.1) is 16.2 Å². The molecule has 2 heterocycles. The minimum absolute atomic E-state index is 0.0182. The largest absolute Gasteiger partial charge is 0.420 e. The minimum Gasteiger partial charge on any atom is -0.408 e. The summed E-state index contributed by atoms with van der Waals surface area (Å²) < 4.78 is 6.90. The second-order valence-corrected chi connectivity index (χ2v) is 8.61. The fourth-order valence-electron chi connectivity index (χ4n) is 4.11. The van der Waals surface area contributed by atoms with Crippen LogP contribution in [0.2, 0.25) is 5.02 Å². The van der Waals surface area contributed by atoms with Gasteiger partial charge in [-0.1, -0.05) is 11.6 Å². The van der Waals surface area contributed by atoms with Crippen molar-refractivity contribution in [1.29, 1.82) is 0 Å². The van der Waals surface area contributed by atoms with Gasteiger partial charge in [0.1, 0.15) is 5.60 Å². The molecule has 30 heavy (non-hydrogen) atoms. The average Bonchev–Trinajstić information content (AvgIpc) is 3.04. The van der Waals surface area contributed by atoms with Crippen LogP contribution in [0.15, 0.2) is 45.7 Å². The van der Waals surface area contributed by atoms with Crippen molar-refractivity contribution >= 4 is 34.3 Å². The molecular weight excluding hydrogens is 406 g/mol. The van der Waals surface area contributed by atoms with Crippen molar-refractivity contribution in [3.63, 3.8) is 0 Å². The van der Waals surface area contributed by atoms with Crippen LogP contribution in [-0.2, 0) is 10.4 Å². The Kier molecular flexibility index (Phi) is 5.42. The quantitative estimate of drug-likeness (QED) is 0.646. The first kappa shape index (κ1) is 20.6. The van der Waals surface area contributed by atoms with E-state index in [2.05, 4.69) is 10.3 Å². The zero-order valence-corrected chi connectivity index (χ0v) is 17.6. The molecular formula is C22H24ClN3O4. The number of amides is 1.